The lowest BCUT2D eigenvalue weighted by Gasteiger charge is -2.72. The van der Waals surface area contributed by atoms with Gasteiger partial charge in [0, 0.05) is 5.57 Å². The zero-order valence-electron chi connectivity index (χ0n) is 48.6. The molecule has 0 amide bonds. The van der Waals surface area contributed by atoms with Crippen molar-refractivity contribution in [3.8, 4) is 0 Å². The van der Waals surface area contributed by atoms with Gasteiger partial charge in [-0.25, -0.2) is 4.79 Å². The van der Waals surface area contributed by atoms with E-state index in [1.807, 2.05) is 0 Å². The van der Waals surface area contributed by atoms with Gasteiger partial charge in [-0.1, -0.05) is 59.3 Å². The molecule has 0 radical (unpaired) electrons. The number of hydrogen-bond acceptors (Lipinski definition) is 25. The van der Waals surface area contributed by atoms with Crippen molar-refractivity contribution in [2.45, 2.75) is 242 Å². The summed E-state index contributed by atoms with van der Waals surface area (Å²) >= 11 is 0. The number of aliphatic hydroxyl groups is 14. The maximum atomic E-state index is 14.2. The summed E-state index contributed by atoms with van der Waals surface area (Å²) in [6.07, 6.45) is -28.7. The van der Waals surface area contributed by atoms with Gasteiger partial charge in [0.15, 0.2) is 25.2 Å². The van der Waals surface area contributed by atoms with E-state index in [9.17, 15) is 81.1 Å². The van der Waals surface area contributed by atoms with Crippen LogP contribution in [0.5, 0.6) is 0 Å². The first kappa shape index (κ1) is 65.2. The van der Waals surface area contributed by atoms with Crippen molar-refractivity contribution in [3.05, 3.63) is 23.3 Å². The molecule has 0 unspecified atom stereocenters. The molecule has 5 aliphatic carbocycles. The summed E-state index contributed by atoms with van der Waals surface area (Å²) in [4.78, 5) is 27.6. The second-order valence-corrected chi connectivity index (χ2v) is 27.1. The molecular formula is C58H92O25. The second-order valence-electron chi connectivity index (χ2n) is 27.1. The van der Waals surface area contributed by atoms with Gasteiger partial charge in [0.2, 0.25) is 0 Å². The molecule has 30 atom stereocenters. The number of ether oxygens (including phenoxy) is 9. The third-order valence-electron chi connectivity index (χ3n) is 22.1. The van der Waals surface area contributed by atoms with E-state index >= 15 is 0 Å². The Morgan fingerprint density at radius 3 is 1.76 bits per heavy atom. The van der Waals surface area contributed by atoms with E-state index in [4.69, 9.17) is 42.6 Å². The van der Waals surface area contributed by atoms with Gasteiger partial charge in [-0.15, -0.1) is 0 Å². The van der Waals surface area contributed by atoms with Crippen LogP contribution >= 0.6 is 0 Å². The van der Waals surface area contributed by atoms with Gasteiger partial charge in [0.25, 0.3) is 0 Å². The Morgan fingerprint density at radius 2 is 1.19 bits per heavy atom. The van der Waals surface area contributed by atoms with Crippen LogP contribution in [-0.4, -0.2) is 252 Å². The number of rotatable bonds is 15. The van der Waals surface area contributed by atoms with E-state index in [0.29, 0.717) is 50.5 Å². The van der Waals surface area contributed by atoms with Gasteiger partial charge in [0.05, 0.1) is 56.1 Å². The number of esters is 1. The molecule has 8 fully saturated rings. The monoisotopic (exact) mass is 1190 g/mol. The molecule has 0 aromatic heterocycles. The summed E-state index contributed by atoms with van der Waals surface area (Å²) in [6, 6.07) is 0. The molecular weight excluding hydrogens is 1100 g/mol. The van der Waals surface area contributed by atoms with Crippen molar-refractivity contribution >= 4 is 12.3 Å². The van der Waals surface area contributed by atoms with Crippen molar-refractivity contribution in [1.29, 1.82) is 0 Å². The first-order chi connectivity index (χ1) is 39.0. The molecule has 474 valence electrons. The quantitative estimate of drug-likeness (QED) is 0.0270. The van der Waals surface area contributed by atoms with E-state index in [0.717, 1.165) is 11.9 Å². The van der Waals surface area contributed by atoms with Crippen LogP contribution in [0, 0.1) is 50.2 Å². The molecule has 4 heterocycles. The smallest absolute Gasteiger partial charge is 0.333 e. The molecule has 0 bridgehead atoms. The highest BCUT2D eigenvalue weighted by Gasteiger charge is 2.73. The molecule has 0 aromatic carbocycles. The van der Waals surface area contributed by atoms with Crippen LogP contribution in [0.2, 0.25) is 0 Å². The Morgan fingerprint density at radius 1 is 0.627 bits per heavy atom. The third-order valence-corrected chi connectivity index (χ3v) is 22.1. The van der Waals surface area contributed by atoms with E-state index < -0.39 is 195 Å². The van der Waals surface area contributed by atoms with Crippen LogP contribution in [0.1, 0.15) is 107 Å². The number of carbonyl (C=O) groups excluding carboxylic acids is 2. The summed E-state index contributed by atoms with van der Waals surface area (Å²) < 4.78 is 55.3. The Kier molecular flexibility index (Phi) is 19.1. The average molecular weight is 1190 g/mol. The second kappa shape index (κ2) is 24.3. The van der Waals surface area contributed by atoms with Gasteiger partial charge >= 0.3 is 5.97 Å². The van der Waals surface area contributed by atoms with Gasteiger partial charge < -0.3 is 119 Å². The van der Waals surface area contributed by atoms with Crippen LogP contribution in [0.4, 0.5) is 0 Å². The van der Waals surface area contributed by atoms with Gasteiger partial charge in [-0.3, -0.25) is 0 Å². The summed E-state index contributed by atoms with van der Waals surface area (Å²) in [6.45, 7) is 12.6. The fraction of sp³-hybridized carbons (Fsp3) is 0.897. The lowest BCUT2D eigenvalue weighted by Crippen LogP contribution is -2.70. The fourth-order valence-electron chi connectivity index (χ4n) is 16.9. The van der Waals surface area contributed by atoms with E-state index in [1.54, 1.807) is 26.8 Å². The topological polar surface area (TPSA) is 400 Å². The lowest BCUT2D eigenvalue weighted by atomic mass is 9.33. The summed E-state index contributed by atoms with van der Waals surface area (Å²) in [7, 11) is 0. The lowest BCUT2D eigenvalue weighted by molar-refractivity contribution is -0.403. The number of aldehydes is 1. The van der Waals surface area contributed by atoms with E-state index in [-0.39, 0.29) is 36.2 Å². The summed E-state index contributed by atoms with van der Waals surface area (Å²) in [5.74, 6) is -1.23. The van der Waals surface area contributed by atoms with Crippen LogP contribution < -0.4 is 0 Å². The molecule has 4 saturated carbocycles. The molecule has 83 heavy (non-hydrogen) atoms. The zero-order valence-corrected chi connectivity index (χ0v) is 48.6. The molecule has 9 aliphatic rings. The van der Waals surface area contributed by atoms with Crippen molar-refractivity contribution in [1.82, 2.24) is 0 Å². The van der Waals surface area contributed by atoms with Gasteiger partial charge in [-0.2, -0.15) is 0 Å². The highest BCUT2D eigenvalue weighted by Crippen LogP contribution is 2.76. The van der Waals surface area contributed by atoms with E-state index in [2.05, 4.69) is 40.7 Å². The minimum atomic E-state index is -2.03. The average Bonchev–Trinajstić information content (AvgIpc) is 0.863. The SMILES string of the molecule is C/C=C(\C)C(=O)O[C@H]1CC(C)(C)C[C@H]2C3=CC[C@@H]4[C@@]5(C)CC[C@H](O[C@@H]6O[C@H](CO)[C@@H](O)[C@H](O[C@@H]7OC[C@H](O)[C@H](O)[C@H]7O[C@@H]7O[C@H](CO)[C@@H](O)[C@H](O)[C@H]7O)[C@H]6O[C@@H]6O[C@H](CO)[C@H](O)[C@H](O)[C@H]6O)[C@@](C)(C=O)[C@@H]5CC[C@@]4(C)[C@]3(C)C[C@@H](O)[C@@]12CO. The third kappa shape index (κ3) is 10.7. The number of allylic oxidation sites excluding steroid dienone is 3. The summed E-state index contributed by atoms with van der Waals surface area (Å²) in [5, 5.41) is 154. The largest absolute Gasteiger partial charge is 0.458 e. The molecule has 9 rings (SSSR count). The summed E-state index contributed by atoms with van der Waals surface area (Å²) in [5.41, 5.74) is -2.83. The standard InChI is InChI=1S/C58H92O25/c1-9-25(2)48(74)79-36-18-53(3,4)16-27-26-10-11-33-54(5)14-13-35(55(6,23-62)32(54)12-15-56(33,7)57(26,8)17-34(65)58(27,36)24-63)80-52-47(83-50-44(73)42(71)39(68)30(20-60)77-50)45(40(69)31(21-61)78-52)81-51-46(37(66)28(64)22-75-51)82-49-43(72)41(70)38(67)29(19-59)76-49/h9-10,23,27-47,49-52,59-61,63-73H,11-22,24H2,1-8H3/b25-9+/t27-,28-,29+,30+,31+,32+,33+,34+,35-,36-,37-,38+,39-,40+,41-,42-,43+,44+,45-,46+,47+,49-,50-,51-,52-,54-,55-,56+,57+,58-/m0/s1. The number of aliphatic hydroxyl groups excluding tert-OH is 14. The van der Waals surface area contributed by atoms with Crippen molar-refractivity contribution < 1.29 is 124 Å². The number of carbonyl (C=O) groups is 2. The highest BCUT2D eigenvalue weighted by molar-refractivity contribution is 5.87. The Balaban J connectivity index is 1.04. The van der Waals surface area contributed by atoms with Crippen LogP contribution in [0.3, 0.4) is 0 Å². The Hall–Kier alpha value is -2.26. The Labute approximate surface area is 483 Å². The molecule has 0 spiro atoms. The predicted octanol–water partition coefficient (Wildman–Crippen LogP) is -2.29. The number of hydrogen-bond donors (Lipinski definition) is 14. The maximum absolute atomic E-state index is 14.2. The minimum absolute atomic E-state index is 0.0541. The predicted molar refractivity (Wildman–Crippen MR) is 283 cm³/mol. The minimum Gasteiger partial charge on any atom is -0.458 e. The molecule has 4 saturated heterocycles. The molecule has 25 heteroatoms. The van der Waals surface area contributed by atoms with Crippen LogP contribution in [-0.2, 0) is 52.2 Å². The normalized spacial score (nSPS) is 52.7. The zero-order chi connectivity index (χ0) is 60.8. The van der Waals surface area contributed by atoms with Crippen molar-refractivity contribution in [3.63, 3.8) is 0 Å². The van der Waals surface area contributed by atoms with Gasteiger partial charge in [0.1, 0.15) is 104 Å². The highest BCUT2D eigenvalue weighted by atomic mass is 16.8. The molecule has 0 aromatic rings. The first-order valence-corrected chi connectivity index (χ1v) is 29.5. The van der Waals surface area contributed by atoms with Crippen LogP contribution in [0.25, 0.3) is 0 Å². The maximum Gasteiger partial charge on any atom is 0.333 e. The number of fused-ring (bicyclic) bond motifs is 7. The van der Waals surface area contributed by atoms with E-state index in [1.165, 1.54) is 0 Å². The first-order valence-electron chi connectivity index (χ1n) is 29.5. The fourth-order valence-corrected chi connectivity index (χ4v) is 16.9. The molecule has 25 nitrogen and oxygen atoms in total. The molecule has 14 N–H and O–H groups in total. The van der Waals surface area contributed by atoms with Crippen molar-refractivity contribution in [2.24, 2.45) is 50.2 Å². The Bertz CT molecular complexity index is 2360. The van der Waals surface area contributed by atoms with Gasteiger partial charge in [-0.05, 0) is 105 Å². The van der Waals surface area contributed by atoms with Crippen LogP contribution in [0.15, 0.2) is 23.3 Å². The molecule has 4 aliphatic heterocycles. The van der Waals surface area contributed by atoms with Crippen molar-refractivity contribution in [2.75, 3.05) is 33.0 Å².